The topological polar surface area (TPSA) is 90.6 Å². The van der Waals surface area contributed by atoms with Crippen molar-refractivity contribution in [2.45, 2.75) is 45.8 Å². The average molecular weight is 339 g/mol. The molecule has 0 amide bonds. The molecule has 8 nitrogen and oxygen atoms in total. The van der Waals surface area contributed by atoms with E-state index in [0.29, 0.717) is 25.6 Å². The molecule has 1 atom stereocenters. The molecule has 0 radical (unpaired) electrons. The summed E-state index contributed by atoms with van der Waals surface area (Å²) in [6, 6.07) is 0. The summed E-state index contributed by atoms with van der Waals surface area (Å²) < 4.78 is 1.93. The molecule has 0 aliphatic carbocycles. The Kier molecular flexibility index (Phi) is 8.14. The van der Waals surface area contributed by atoms with Crippen LogP contribution in [-0.2, 0) is 13.6 Å². The van der Waals surface area contributed by atoms with Crippen LogP contribution in [0.3, 0.4) is 0 Å². The molecule has 3 N–H and O–H groups in total. The fourth-order valence-electron chi connectivity index (χ4n) is 2.31. The summed E-state index contributed by atoms with van der Waals surface area (Å²) in [6.07, 6.45) is 2.18. The van der Waals surface area contributed by atoms with Crippen LogP contribution in [-0.4, -0.2) is 70.1 Å². The van der Waals surface area contributed by atoms with E-state index in [9.17, 15) is 5.11 Å². The third kappa shape index (κ3) is 7.27. The van der Waals surface area contributed by atoms with Gasteiger partial charge in [0.2, 0.25) is 0 Å². The van der Waals surface area contributed by atoms with Gasteiger partial charge in [0.05, 0.1) is 5.60 Å². The smallest absolute Gasteiger partial charge is 0.191 e. The van der Waals surface area contributed by atoms with Gasteiger partial charge in [-0.15, -0.1) is 10.2 Å². The van der Waals surface area contributed by atoms with E-state index in [1.807, 2.05) is 44.5 Å². The van der Waals surface area contributed by atoms with Crippen LogP contribution in [0.1, 0.15) is 38.3 Å². The number of rotatable bonds is 9. The van der Waals surface area contributed by atoms with Crippen molar-refractivity contribution in [3.05, 3.63) is 11.6 Å². The Labute approximate surface area is 145 Å². The van der Waals surface area contributed by atoms with Crippen LogP contribution >= 0.6 is 0 Å². The minimum absolute atomic E-state index is 0.418. The highest BCUT2D eigenvalue weighted by atomic mass is 16.3. The first-order valence-corrected chi connectivity index (χ1v) is 8.49. The zero-order valence-electron chi connectivity index (χ0n) is 15.9. The van der Waals surface area contributed by atoms with Crippen molar-refractivity contribution in [1.82, 2.24) is 30.3 Å². The Bertz CT molecular complexity index is 522. The van der Waals surface area contributed by atoms with Gasteiger partial charge in [-0.1, -0.05) is 13.3 Å². The van der Waals surface area contributed by atoms with Gasteiger partial charge in [-0.2, -0.15) is 0 Å². The molecule has 1 aromatic rings. The predicted molar refractivity (Wildman–Crippen MR) is 97.0 cm³/mol. The number of nitrogens with one attached hydrogen (secondary N) is 2. The minimum Gasteiger partial charge on any atom is -0.387 e. The fraction of sp³-hybridized carbons (Fsp3) is 0.812. The van der Waals surface area contributed by atoms with E-state index in [4.69, 9.17) is 0 Å². The van der Waals surface area contributed by atoms with Crippen molar-refractivity contribution in [3.63, 3.8) is 0 Å². The first-order chi connectivity index (χ1) is 11.2. The van der Waals surface area contributed by atoms with Gasteiger partial charge >= 0.3 is 0 Å². The molecular weight excluding hydrogens is 306 g/mol. The summed E-state index contributed by atoms with van der Waals surface area (Å²) in [5.41, 5.74) is -0.835. The predicted octanol–water partition coefficient (Wildman–Crippen LogP) is 0.271. The number of aliphatic hydroxyl groups is 1. The molecule has 1 unspecified atom stereocenters. The summed E-state index contributed by atoms with van der Waals surface area (Å²) in [6.45, 7) is 8.15. The second-order valence-corrected chi connectivity index (χ2v) is 6.76. The maximum atomic E-state index is 10.4. The molecule has 0 saturated heterocycles. The van der Waals surface area contributed by atoms with Gasteiger partial charge < -0.3 is 25.2 Å². The summed E-state index contributed by atoms with van der Waals surface area (Å²) in [7, 11) is 5.82. The molecule has 0 aliphatic heterocycles. The van der Waals surface area contributed by atoms with E-state index in [1.54, 1.807) is 0 Å². The standard InChI is InChI=1S/C16H33N7O/c1-7-8-9-17-15(19-11-16(3,24)12-22(4)5)18-10-14-21-20-13(2)23(14)6/h24H,7-12H2,1-6H3,(H2,17,18,19). The Morgan fingerprint density at radius 3 is 2.58 bits per heavy atom. The molecule has 1 aromatic heterocycles. The van der Waals surface area contributed by atoms with Gasteiger partial charge in [-0.05, 0) is 34.4 Å². The Balaban J connectivity index is 2.68. The number of unbranched alkanes of at least 4 members (excludes halogenated alkanes) is 1. The Morgan fingerprint density at radius 1 is 1.33 bits per heavy atom. The molecule has 0 spiro atoms. The molecule has 24 heavy (non-hydrogen) atoms. The molecule has 1 heterocycles. The van der Waals surface area contributed by atoms with Crippen molar-refractivity contribution in [2.24, 2.45) is 12.0 Å². The second kappa shape index (κ2) is 9.58. The monoisotopic (exact) mass is 339 g/mol. The molecule has 0 fully saturated rings. The molecule has 8 heteroatoms. The maximum Gasteiger partial charge on any atom is 0.191 e. The SMILES string of the molecule is CCCCNC(=NCc1nnc(C)n1C)NCC(C)(O)CN(C)C. The number of likely N-dealkylation sites (N-methyl/N-ethyl adjacent to an activating group) is 1. The van der Waals surface area contributed by atoms with Crippen LogP contribution in [0.15, 0.2) is 4.99 Å². The fourth-order valence-corrected chi connectivity index (χ4v) is 2.31. The van der Waals surface area contributed by atoms with E-state index in [2.05, 4.69) is 32.7 Å². The number of hydrogen-bond acceptors (Lipinski definition) is 5. The zero-order chi connectivity index (χ0) is 18.2. The quantitative estimate of drug-likeness (QED) is 0.340. The van der Waals surface area contributed by atoms with E-state index in [1.165, 1.54) is 0 Å². The number of hydrogen-bond donors (Lipinski definition) is 3. The van der Waals surface area contributed by atoms with Gasteiger partial charge in [0.25, 0.3) is 0 Å². The highest BCUT2D eigenvalue weighted by Crippen LogP contribution is 2.03. The highest BCUT2D eigenvalue weighted by Gasteiger charge is 2.21. The number of aromatic nitrogens is 3. The lowest BCUT2D eigenvalue weighted by atomic mass is 10.1. The van der Waals surface area contributed by atoms with Gasteiger partial charge in [0, 0.05) is 26.7 Å². The van der Waals surface area contributed by atoms with E-state index in [-0.39, 0.29) is 0 Å². The first kappa shape index (κ1) is 20.4. The summed E-state index contributed by atoms with van der Waals surface area (Å²) in [5, 5.41) is 25.1. The van der Waals surface area contributed by atoms with Gasteiger partial charge in [-0.3, -0.25) is 0 Å². The summed E-state index contributed by atoms with van der Waals surface area (Å²) >= 11 is 0. The molecule has 0 aliphatic rings. The molecule has 0 aromatic carbocycles. The lowest BCUT2D eigenvalue weighted by molar-refractivity contribution is 0.0377. The van der Waals surface area contributed by atoms with Crippen LogP contribution in [0, 0.1) is 6.92 Å². The first-order valence-electron chi connectivity index (χ1n) is 8.49. The Morgan fingerprint density at radius 2 is 2.04 bits per heavy atom. The lowest BCUT2D eigenvalue weighted by Gasteiger charge is -2.28. The minimum atomic E-state index is -0.835. The third-order valence-corrected chi connectivity index (χ3v) is 3.68. The van der Waals surface area contributed by atoms with Crippen molar-refractivity contribution in [2.75, 3.05) is 33.7 Å². The van der Waals surface area contributed by atoms with Crippen molar-refractivity contribution >= 4 is 5.96 Å². The Hall–Kier alpha value is -1.67. The maximum absolute atomic E-state index is 10.4. The van der Waals surface area contributed by atoms with Gasteiger partial charge in [0.15, 0.2) is 11.8 Å². The van der Waals surface area contributed by atoms with Crippen LogP contribution in [0.2, 0.25) is 0 Å². The second-order valence-electron chi connectivity index (χ2n) is 6.76. The number of aryl methyl sites for hydroxylation is 1. The molecule has 138 valence electrons. The van der Waals surface area contributed by atoms with E-state index in [0.717, 1.165) is 31.0 Å². The average Bonchev–Trinajstić information content (AvgIpc) is 2.80. The van der Waals surface area contributed by atoms with E-state index < -0.39 is 5.60 Å². The van der Waals surface area contributed by atoms with Crippen LogP contribution in [0.25, 0.3) is 0 Å². The largest absolute Gasteiger partial charge is 0.387 e. The van der Waals surface area contributed by atoms with Crippen LogP contribution in [0.4, 0.5) is 0 Å². The number of guanidine groups is 1. The van der Waals surface area contributed by atoms with E-state index >= 15 is 0 Å². The van der Waals surface area contributed by atoms with Gasteiger partial charge in [-0.25, -0.2) is 4.99 Å². The molecule has 0 bridgehead atoms. The van der Waals surface area contributed by atoms with Crippen molar-refractivity contribution in [3.8, 4) is 0 Å². The van der Waals surface area contributed by atoms with Gasteiger partial charge in [0.1, 0.15) is 12.4 Å². The molecular formula is C16H33N7O. The lowest BCUT2D eigenvalue weighted by Crippen LogP contribution is -2.50. The summed E-state index contributed by atoms with van der Waals surface area (Å²) in [5.74, 6) is 2.36. The van der Waals surface area contributed by atoms with Crippen molar-refractivity contribution in [1.29, 1.82) is 0 Å². The van der Waals surface area contributed by atoms with Crippen LogP contribution in [0.5, 0.6) is 0 Å². The number of nitrogens with zero attached hydrogens (tertiary/aromatic N) is 5. The highest BCUT2D eigenvalue weighted by molar-refractivity contribution is 5.79. The zero-order valence-corrected chi connectivity index (χ0v) is 15.9. The number of aliphatic imine (C=N–C) groups is 1. The van der Waals surface area contributed by atoms with Crippen LogP contribution < -0.4 is 10.6 Å². The summed E-state index contributed by atoms with van der Waals surface area (Å²) in [4.78, 5) is 6.53. The molecule has 1 rings (SSSR count). The third-order valence-electron chi connectivity index (χ3n) is 3.68. The molecule has 0 saturated carbocycles. The normalized spacial score (nSPS) is 14.8. The van der Waals surface area contributed by atoms with Crippen molar-refractivity contribution < 1.29 is 5.11 Å².